The van der Waals surface area contributed by atoms with E-state index < -0.39 is 33.2 Å². The Kier molecular flexibility index (Phi) is 4.32. The van der Waals surface area contributed by atoms with Gasteiger partial charge in [-0.05, 0) is 11.6 Å². The lowest BCUT2D eigenvalue weighted by Crippen LogP contribution is -2.51. The minimum atomic E-state index is -4.06. The lowest BCUT2D eigenvalue weighted by atomic mass is 9.68. The Labute approximate surface area is 172 Å². The second kappa shape index (κ2) is 6.53. The monoisotopic (exact) mass is 427 g/mol. The molecule has 2 aromatic carbocycles. The summed E-state index contributed by atoms with van der Waals surface area (Å²) in [5.41, 5.74) is -2.38. The van der Waals surface area contributed by atoms with E-state index >= 15 is 0 Å². The summed E-state index contributed by atoms with van der Waals surface area (Å²) in [5.74, 6) is -2.60. The van der Waals surface area contributed by atoms with E-state index in [4.69, 9.17) is 9.47 Å². The van der Waals surface area contributed by atoms with Crippen LogP contribution in [0.2, 0.25) is 0 Å². The highest BCUT2D eigenvalue weighted by molar-refractivity contribution is 7.89. The second-order valence-corrected chi connectivity index (χ2v) is 8.71. The van der Waals surface area contributed by atoms with Gasteiger partial charge in [0.05, 0.1) is 37.2 Å². The average Bonchev–Trinajstić information content (AvgIpc) is 3.09. The highest BCUT2D eigenvalue weighted by Crippen LogP contribution is 2.47. The molecule has 154 valence electrons. The Balaban J connectivity index is 2.37. The number of carbonyl (C=O) groups is 3. The highest BCUT2D eigenvalue weighted by Gasteiger charge is 2.60. The van der Waals surface area contributed by atoms with Gasteiger partial charge in [-0.3, -0.25) is 14.4 Å². The molecule has 0 spiro atoms. The van der Waals surface area contributed by atoms with Crippen LogP contribution in [-0.4, -0.2) is 50.6 Å². The first-order valence-corrected chi connectivity index (χ1v) is 10.7. The van der Waals surface area contributed by atoms with Crippen molar-refractivity contribution in [3.05, 3.63) is 70.9 Å². The zero-order valence-corrected chi connectivity index (χ0v) is 17.1. The van der Waals surface area contributed by atoms with Gasteiger partial charge in [0.15, 0.2) is 5.78 Å². The first-order valence-electron chi connectivity index (χ1n) is 8.86. The van der Waals surface area contributed by atoms with Crippen molar-refractivity contribution in [1.29, 1.82) is 0 Å². The van der Waals surface area contributed by atoms with E-state index in [0.717, 1.165) is 24.4 Å². The zero-order chi connectivity index (χ0) is 21.8. The topological polar surface area (TPSA) is 109 Å². The van der Waals surface area contributed by atoms with E-state index in [-0.39, 0.29) is 27.9 Å². The van der Waals surface area contributed by atoms with Gasteiger partial charge < -0.3 is 9.47 Å². The molecule has 1 heterocycles. The Bertz CT molecular complexity index is 1330. The summed E-state index contributed by atoms with van der Waals surface area (Å²) in [6.07, 6.45) is 0.935. The number of methoxy groups -OCH3 is 2. The van der Waals surface area contributed by atoms with Crippen LogP contribution in [0, 0.1) is 0 Å². The van der Waals surface area contributed by atoms with Gasteiger partial charge in [-0.1, -0.05) is 42.5 Å². The number of carbonyl (C=O) groups excluding carboxylic acids is 3. The zero-order valence-electron chi connectivity index (χ0n) is 16.3. The van der Waals surface area contributed by atoms with Gasteiger partial charge >= 0.3 is 11.9 Å². The van der Waals surface area contributed by atoms with Crippen molar-refractivity contribution in [2.24, 2.45) is 0 Å². The summed E-state index contributed by atoms with van der Waals surface area (Å²) in [7, 11) is -1.89. The molecule has 0 unspecified atom stereocenters. The summed E-state index contributed by atoms with van der Waals surface area (Å²) < 4.78 is 36.5. The molecule has 8 nitrogen and oxygen atoms in total. The van der Waals surface area contributed by atoms with Crippen molar-refractivity contribution in [2.75, 3.05) is 20.5 Å². The van der Waals surface area contributed by atoms with Crippen LogP contribution in [0.3, 0.4) is 0 Å². The number of fused-ring (bicyclic) bond motifs is 4. The Hall–Kier alpha value is -3.46. The van der Waals surface area contributed by atoms with Crippen molar-refractivity contribution in [3.8, 4) is 0 Å². The van der Waals surface area contributed by atoms with Crippen LogP contribution in [0.1, 0.15) is 27.2 Å². The first kappa shape index (κ1) is 19.8. The largest absolute Gasteiger partial charge is 0.468 e. The van der Waals surface area contributed by atoms with Gasteiger partial charge in [-0.15, -0.1) is 0 Å². The SMILES string of the molecule is COC(=O)C1(C(=O)OC)c2ccccc2C(=O)c2c1n(S(C)(=O)=O)c1ccccc21. The molecule has 4 rings (SSSR count). The summed E-state index contributed by atoms with van der Waals surface area (Å²) >= 11 is 0. The molecule has 0 radical (unpaired) electrons. The number of ether oxygens (including phenoxy) is 2. The fourth-order valence-electron chi connectivity index (χ4n) is 4.20. The number of ketones is 1. The lowest BCUT2D eigenvalue weighted by molar-refractivity contribution is -0.159. The third kappa shape index (κ3) is 2.32. The van der Waals surface area contributed by atoms with E-state index in [1.165, 1.54) is 18.2 Å². The van der Waals surface area contributed by atoms with Crippen LogP contribution < -0.4 is 0 Å². The van der Waals surface area contributed by atoms with Gasteiger partial charge in [-0.25, -0.2) is 12.4 Å². The summed E-state index contributed by atoms with van der Waals surface area (Å²) in [5, 5.41) is 0.301. The van der Waals surface area contributed by atoms with Crippen LogP contribution in [-0.2, 0) is 34.5 Å². The molecule has 1 aromatic heterocycles. The van der Waals surface area contributed by atoms with Crippen molar-refractivity contribution in [2.45, 2.75) is 5.41 Å². The van der Waals surface area contributed by atoms with Gasteiger partial charge in [0.1, 0.15) is 0 Å². The fraction of sp³-hybridized carbons (Fsp3) is 0.190. The van der Waals surface area contributed by atoms with Gasteiger partial charge in [-0.2, -0.15) is 0 Å². The molecule has 0 fully saturated rings. The molecule has 0 atom stereocenters. The molecule has 3 aromatic rings. The van der Waals surface area contributed by atoms with Crippen molar-refractivity contribution in [1.82, 2.24) is 3.97 Å². The van der Waals surface area contributed by atoms with E-state index in [9.17, 15) is 22.8 Å². The molecule has 0 N–H and O–H groups in total. The van der Waals surface area contributed by atoms with Crippen LogP contribution in [0.4, 0.5) is 0 Å². The smallest absolute Gasteiger partial charge is 0.334 e. The lowest BCUT2D eigenvalue weighted by Gasteiger charge is -2.34. The third-order valence-corrected chi connectivity index (χ3v) is 6.35. The van der Waals surface area contributed by atoms with Crippen molar-refractivity contribution < 1.29 is 32.3 Å². The Morgan fingerprint density at radius 1 is 0.933 bits per heavy atom. The predicted octanol–water partition coefficient (Wildman–Crippen LogP) is 1.63. The first-order chi connectivity index (χ1) is 14.2. The number of hydrogen-bond donors (Lipinski definition) is 0. The number of esters is 2. The molecule has 0 bridgehead atoms. The number of para-hydroxylation sites is 1. The average molecular weight is 427 g/mol. The number of nitrogens with zero attached hydrogens (tertiary/aromatic N) is 1. The van der Waals surface area contributed by atoms with Crippen LogP contribution in [0.15, 0.2) is 48.5 Å². The molecule has 30 heavy (non-hydrogen) atoms. The minimum absolute atomic E-state index is 0.00825. The Morgan fingerprint density at radius 2 is 1.50 bits per heavy atom. The normalized spacial score (nSPS) is 14.7. The molecule has 0 saturated heterocycles. The molecule has 9 heteroatoms. The summed E-state index contributed by atoms with van der Waals surface area (Å²) in [6, 6.07) is 12.4. The van der Waals surface area contributed by atoms with Crippen molar-refractivity contribution in [3.63, 3.8) is 0 Å². The fourth-order valence-corrected chi connectivity index (χ4v) is 5.28. The summed E-state index contributed by atoms with van der Waals surface area (Å²) in [4.78, 5) is 39.9. The number of hydrogen-bond acceptors (Lipinski definition) is 7. The molecule has 0 saturated carbocycles. The van der Waals surface area contributed by atoms with Crippen LogP contribution >= 0.6 is 0 Å². The predicted molar refractivity (Wildman–Crippen MR) is 107 cm³/mol. The van der Waals surface area contributed by atoms with E-state index in [0.29, 0.717) is 5.39 Å². The molecular weight excluding hydrogens is 410 g/mol. The number of aromatic nitrogens is 1. The summed E-state index contributed by atoms with van der Waals surface area (Å²) in [6.45, 7) is 0. The maximum absolute atomic E-state index is 13.5. The standard InChI is InChI=1S/C21H17NO7S/c1-28-19(24)21(20(25)29-2)14-10-6-4-8-12(14)17(23)16-13-9-5-7-11-15(13)22(18(16)21)30(3,26)27/h4-11H,1-3H3. The minimum Gasteiger partial charge on any atom is -0.468 e. The number of rotatable bonds is 3. The molecule has 0 aliphatic heterocycles. The molecular formula is C21H17NO7S. The van der Waals surface area contributed by atoms with E-state index in [2.05, 4.69) is 0 Å². The van der Waals surface area contributed by atoms with E-state index in [1.54, 1.807) is 30.3 Å². The Morgan fingerprint density at radius 3 is 2.10 bits per heavy atom. The van der Waals surface area contributed by atoms with E-state index in [1.807, 2.05) is 0 Å². The molecule has 1 aliphatic carbocycles. The van der Waals surface area contributed by atoms with Crippen LogP contribution in [0.5, 0.6) is 0 Å². The van der Waals surface area contributed by atoms with Gasteiger partial charge in [0.25, 0.3) is 0 Å². The van der Waals surface area contributed by atoms with Crippen molar-refractivity contribution >= 4 is 38.6 Å². The third-order valence-electron chi connectivity index (χ3n) is 5.30. The second-order valence-electron chi connectivity index (χ2n) is 6.88. The molecule has 1 aliphatic rings. The molecule has 0 amide bonds. The number of benzene rings is 2. The quantitative estimate of drug-likeness (QED) is 0.462. The van der Waals surface area contributed by atoms with Gasteiger partial charge in [0.2, 0.25) is 15.4 Å². The highest BCUT2D eigenvalue weighted by atomic mass is 32.2. The maximum Gasteiger partial charge on any atom is 0.334 e. The van der Waals surface area contributed by atoms with Crippen LogP contribution in [0.25, 0.3) is 10.9 Å². The van der Waals surface area contributed by atoms with Gasteiger partial charge in [0, 0.05) is 10.9 Å². The maximum atomic E-state index is 13.5.